The topological polar surface area (TPSA) is 62.2 Å². The number of aromatic nitrogens is 1. The van der Waals surface area contributed by atoms with E-state index >= 15 is 0 Å². The fourth-order valence-electron chi connectivity index (χ4n) is 2.24. The Hall–Kier alpha value is -0.940. The number of nitrogens with zero attached hydrogens (tertiary/aromatic N) is 1. The number of nitrogens with one attached hydrogen (secondary N) is 1. The highest BCUT2D eigenvalue weighted by Crippen LogP contribution is 2.29. The van der Waals surface area contributed by atoms with E-state index in [0.717, 1.165) is 18.5 Å². The van der Waals surface area contributed by atoms with Crippen molar-refractivity contribution in [1.82, 2.24) is 10.3 Å². The molecule has 0 fully saturated rings. The van der Waals surface area contributed by atoms with Gasteiger partial charge in [0, 0.05) is 18.8 Å². The third-order valence-electron chi connectivity index (χ3n) is 4.00. The Morgan fingerprint density at radius 3 is 2.55 bits per heavy atom. The van der Waals surface area contributed by atoms with Gasteiger partial charge in [-0.2, -0.15) is 0 Å². The van der Waals surface area contributed by atoms with E-state index in [2.05, 4.69) is 40.1 Å². The maximum atomic E-state index is 12.2. The zero-order valence-corrected chi connectivity index (χ0v) is 14.0. The molecular formula is C15H23BrN2O2. The van der Waals surface area contributed by atoms with Crippen molar-refractivity contribution in [2.45, 2.75) is 40.0 Å². The number of aliphatic hydroxyl groups is 1. The van der Waals surface area contributed by atoms with Gasteiger partial charge in [0.15, 0.2) is 0 Å². The second-order valence-corrected chi connectivity index (χ2v) is 5.91. The fourth-order valence-corrected chi connectivity index (χ4v) is 2.83. The molecule has 0 unspecified atom stereocenters. The van der Waals surface area contributed by atoms with Crippen molar-refractivity contribution in [2.75, 3.05) is 13.2 Å². The van der Waals surface area contributed by atoms with E-state index in [1.165, 1.54) is 0 Å². The summed E-state index contributed by atoms with van der Waals surface area (Å²) < 4.78 is 0.566. The van der Waals surface area contributed by atoms with E-state index in [1.54, 1.807) is 6.07 Å². The summed E-state index contributed by atoms with van der Waals surface area (Å²) in [4.78, 5) is 16.4. The number of amides is 1. The van der Waals surface area contributed by atoms with Crippen molar-refractivity contribution in [2.24, 2.45) is 5.41 Å². The molecule has 0 radical (unpaired) electrons. The average Bonchev–Trinajstić information content (AvgIpc) is 2.43. The molecule has 1 rings (SSSR count). The summed E-state index contributed by atoms with van der Waals surface area (Å²) in [5, 5.41) is 12.2. The summed E-state index contributed by atoms with van der Waals surface area (Å²) in [7, 11) is 0. The number of carbonyl (C=O) groups excluding carboxylic acids is 1. The number of pyridine rings is 1. The third-order valence-corrected chi connectivity index (χ3v) is 4.60. The second kappa shape index (κ2) is 7.74. The second-order valence-electron chi connectivity index (χ2n) is 5.15. The molecule has 4 nitrogen and oxygen atoms in total. The Morgan fingerprint density at radius 2 is 2.05 bits per heavy atom. The fraction of sp³-hybridized carbons (Fsp3) is 0.600. The molecule has 1 aromatic rings. The van der Waals surface area contributed by atoms with Crippen LogP contribution in [0, 0.1) is 12.3 Å². The van der Waals surface area contributed by atoms with E-state index in [4.69, 9.17) is 0 Å². The summed E-state index contributed by atoms with van der Waals surface area (Å²) in [5.41, 5.74) is 1.38. The maximum Gasteiger partial charge on any atom is 0.254 e. The van der Waals surface area contributed by atoms with Gasteiger partial charge in [0.05, 0.1) is 5.56 Å². The number of rotatable bonds is 7. The Labute approximate surface area is 129 Å². The van der Waals surface area contributed by atoms with E-state index in [0.29, 0.717) is 23.1 Å². The Balaban J connectivity index is 2.75. The van der Waals surface area contributed by atoms with Gasteiger partial charge >= 0.3 is 0 Å². The van der Waals surface area contributed by atoms with Crippen LogP contribution in [-0.4, -0.2) is 29.1 Å². The Kier molecular flexibility index (Phi) is 6.62. The van der Waals surface area contributed by atoms with E-state index in [1.807, 2.05) is 13.0 Å². The lowest BCUT2D eigenvalue weighted by Crippen LogP contribution is -2.37. The first-order valence-corrected chi connectivity index (χ1v) is 7.79. The first-order valence-electron chi connectivity index (χ1n) is 7.00. The molecule has 20 heavy (non-hydrogen) atoms. The lowest BCUT2D eigenvalue weighted by atomic mass is 9.79. The van der Waals surface area contributed by atoms with Gasteiger partial charge in [0.1, 0.15) is 4.60 Å². The molecule has 112 valence electrons. The van der Waals surface area contributed by atoms with Crippen LogP contribution >= 0.6 is 15.9 Å². The number of aliphatic hydroxyl groups excluding tert-OH is 1. The van der Waals surface area contributed by atoms with Gasteiger partial charge in [0.25, 0.3) is 5.91 Å². The van der Waals surface area contributed by atoms with Crippen LogP contribution in [0.3, 0.4) is 0 Å². The number of hydrogen-bond acceptors (Lipinski definition) is 3. The molecule has 0 bridgehead atoms. The molecule has 2 N–H and O–H groups in total. The first kappa shape index (κ1) is 17.1. The van der Waals surface area contributed by atoms with Gasteiger partial charge < -0.3 is 10.4 Å². The van der Waals surface area contributed by atoms with Gasteiger partial charge in [-0.1, -0.05) is 13.8 Å². The SMILES string of the molecule is CCC(CC)(CCO)CNC(=O)c1ccc(C)nc1Br. The summed E-state index contributed by atoms with van der Waals surface area (Å²) >= 11 is 3.32. The zero-order chi connectivity index (χ0) is 15.2. The highest BCUT2D eigenvalue weighted by atomic mass is 79.9. The maximum absolute atomic E-state index is 12.2. The van der Waals surface area contributed by atoms with E-state index in [-0.39, 0.29) is 17.9 Å². The molecule has 0 atom stereocenters. The van der Waals surface area contributed by atoms with Crippen LogP contribution in [0.25, 0.3) is 0 Å². The number of hydrogen-bond donors (Lipinski definition) is 2. The molecule has 0 saturated heterocycles. The summed E-state index contributed by atoms with van der Waals surface area (Å²) in [6, 6.07) is 3.59. The van der Waals surface area contributed by atoms with Gasteiger partial charge in [-0.05, 0) is 59.7 Å². The monoisotopic (exact) mass is 342 g/mol. The normalized spacial score (nSPS) is 11.4. The van der Waals surface area contributed by atoms with Gasteiger partial charge in [-0.3, -0.25) is 4.79 Å². The average molecular weight is 343 g/mol. The Bertz CT molecular complexity index is 459. The molecule has 0 aliphatic carbocycles. The Morgan fingerprint density at radius 1 is 1.40 bits per heavy atom. The van der Waals surface area contributed by atoms with E-state index < -0.39 is 0 Å². The predicted molar refractivity (Wildman–Crippen MR) is 83.7 cm³/mol. The van der Waals surface area contributed by atoms with Crippen LogP contribution in [-0.2, 0) is 0 Å². The summed E-state index contributed by atoms with van der Waals surface area (Å²) in [6.07, 6.45) is 2.56. The highest BCUT2D eigenvalue weighted by molar-refractivity contribution is 9.10. The van der Waals surface area contributed by atoms with Crippen LogP contribution in [0.5, 0.6) is 0 Å². The van der Waals surface area contributed by atoms with Crippen molar-refractivity contribution in [3.8, 4) is 0 Å². The van der Waals surface area contributed by atoms with Crippen molar-refractivity contribution in [3.63, 3.8) is 0 Å². The molecule has 0 aliphatic heterocycles. The molecule has 1 heterocycles. The van der Waals surface area contributed by atoms with Crippen molar-refractivity contribution < 1.29 is 9.90 Å². The smallest absolute Gasteiger partial charge is 0.254 e. The van der Waals surface area contributed by atoms with Crippen molar-refractivity contribution >= 4 is 21.8 Å². The van der Waals surface area contributed by atoms with Gasteiger partial charge in [-0.15, -0.1) is 0 Å². The summed E-state index contributed by atoms with van der Waals surface area (Å²) in [6.45, 7) is 6.78. The zero-order valence-electron chi connectivity index (χ0n) is 12.4. The van der Waals surface area contributed by atoms with Crippen LogP contribution < -0.4 is 5.32 Å². The number of halogens is 1. The number of aryl methyl sites for hydroxylation is 1. The van der Waals surface area contributed by atoms with Crippen LogP contribution in [0.2, 0.25) is 0 Å². The molecule has 0 spiro atoms. The molecule has 1 amide bonds. The van der Waals surface area contributed by atoms with Gasteiger partial charge in [0.2, 0.25) is 0 Å². The van der Waals surface area contributed by atoms with Crippen LogP contribution in [0.4, 0.5) is 0 Å². The van der Waals surface area contributed by atoms with Crippen LogP contribution in [0.15, 0.2) is 16.7 Å². The van der Waals surface area contributed by atoms with Crippen molar-refractivity contribution in [3.05, 3.63) is 28.0 Å². The minimum atomic E-state index is -0.131. The largest absolute Gasteiger partial charge is 0.396 e. The molecule has 1 aromatic heterocycles. The van der Waals surface area contributed by atoms with E-state index in [9.17, 15) is 9.90 Å². The minimum absolute atomic E-state index is 0.0327. The van der Waals surface area contributed by atoms with Gasteiger partial charge in [-0.25, -0.2) is 4.98 Å². The molecule has 0 saturated carbocycles. The highest BCUT2D eigenvalue weighted by Gasteiger charge is 2.26. The molecule has 5 heteroatoms. The lowest BCUT2D eigenvalue weighted by molar-refractivity contribution is 0.0906. The minimum Gasteiger partial charge on any atom is -0.396 e. The number of carbonyl (C=O) groups is 1. The van der Waals surface area contributed by atoms with Crippen LogP contribution in [0.1, 0.15) is 49.2 Å². The molecule has 0 aliphatic rings. The molecule has 0 aromatic carbocycles. The predicted octanol–water partition coefficient (Wildman–Crippen LogP) is 3.07. The third kappa shape index (κ3) is 4.28. The first-order chi connectivity index (χ1) is 9.48. The van der Waals surface area contributed by atoms with Crippen molar-refractivity contribution in [1.29, 1.82) is 0 Å². The lowest BCUT2D eigenvalue weighted by Gasteiger charge is -2.31. The molecular weight excluding hydrogens is 320 g/mol. The quantitative estimate of drug-likeness (QED) is 0.748. The summed E-state index contributed by atoms with van der Waals surface area (Å²) in [5.74, 6) is -0.131. The standard InChI is InChI=1S/C15H23BrN2O2/c1-4-15(5-2,8-9-19)10-17-14(20)12-7-6-11(3)18-13(12)16/h6-7,19H,4-5,8-10H2,1-3H3,(H,17,20).